The lowest BCUT2D eigenvalue weighted by Crippen LogP contribution is -2.25. The second-order valence-electron chi connectivity index (χ2n) is 5.65. The summed E-state index contributed by atoms with van der Waals surface area (Å²) in [6.45, 7) is 2.17. The summed E-state index contributed by atoms with van der Waals surface area (Å²) >= 11 is 0. The SMILES string of the molecule is CC(=O)N1CCc2cc(NC(=O)Nc3ccc([N+](=O)[O-])cc3)ccc21. The van der Waals surface area contributed by atoms with E-state index in [1.165, 1.54) is 31.2 Å². The van der Waals surface area contributed by atoms with Gasteiger partial charge in [0.15, 0.2) is 0 Å². The van der Waals surface area contributed by atoms with Crippen LogP contribution in [0.15, 0.2) is 42.5 Å². The molecule has 2 aromatic rings. The van der Waals surface area contributed by atoms with Crippen LogP contribution < -0.4 is 15.5 Å². The average molecular weight is 340 g/mol. The van der Waals surface area contributed by atoms with Crippen molar-refractivity contribution in [1.29, 1.82) is 0 Å². The van der Waals surface area contributed by atoms with Crippen molar-refractivity contribution in [2.75, 3.05) is 22.1 Å². The lowest BCUT2D eigenvalue weighted by molar-refractivity contribution is -0.384. The molecule has 1 aliphatic heterocycles. The summed E-state index contributed by atoms with van der Waals surface area (Å²) in [6, 6.07) is 10.5. The molecule has 0 unspecified atom stereocenters. The van der Waals surface area contributed by atoms with E-state index in [4.69, 9.17) is 0 Å². The summed E-state index contributed by atoms with van der Waals surface area (Å²) in [4.78, 5) is 35.4. The molecular formula is C17H16N4O4. The van der Waals surface area contributed by atoms with Crippen LogP contribution in [0.25, 0.3) is 0 Å². The summed E-state index contributed by atoms with van der Waals surface area (Å²) in [5, 5.41) is 15.9. The topological polar surface area (TPSA) is 105 Å². The Kier molecular flexibility index (Phi) is 4.34. The number of nitro benzene ring substituents is 1. The van der Waals surface area contributed by atoms with Gasteiger partial charge in [0.2, 0.25) is 5.91 Å². The number of benzene rings is 2. The largest absolute Gasteiger partial charge is 0.323 e. The molecule has 0 saturated heterocycles. The fraction of sp³-hybridized carbons (Fsp3) is 0.176. The maximum Gasteiger partial charge on any atom is 0.323 e. The molecule has 0 aromatic heterocycles. The number of carbonyl (C=O) groups is 2. The number of hydrogen-bond donors (Lipinski definition) is 2. The first-order valence-electron chi connectivity index (χ1n) is 7.67. The smallest absolute Gasteiger partial charge is 0.312 e. The molecule has 0 saturated carbocycles. The Morgan fingerprint density at radius 3 is 2.36 bits per heavy atom. The molecule has 0 atom stereocenters. The molecule has 8 nitrogen and oxygen atoms in total. The van der Waals surface area contributed by atoms with Gasteiger partial charge in [0.25, 0.3) is 5.69 Å². The van der Waals surface area contributed by atoms with E-state index >= 15 is 0 Å². The quantitative estimate of drug-likeness (QED) is 0.661. The molecule has 2 N–H and O–H groups in total. The van der Waals surface area contributed by atoms with Crippen LogP contribution in [0, 0.1) is 10.1 Å². The number of urea groups is 1. The summed E-state index contributed by atoms with van der Waals surface area (Å²) < 4.78 is 0. The molecule has 8 heteroatoms. The Balaban J connectivity index is 1.65. The molecule has 0 spiro atoms. The van der Waals surface area contributed by atoms with Crippen molar-refractivity contribution in [1.82, 2.24) is 0 Å². The zero-order valence-corrected chi connectivity index (χ0v) is 13.5. The van der Waals surface area contributed by atoms with Gasteiger partial charge in [0.05, 0.1) is 4.92 Å². The van der Waals surface area contributed by atoms with Crippen LogP contribution in [0.2, 0.25) is 0 Å². The number of nitrogens with zero attached hydrogens (tertiary/aromatic N) is 2. The fourth-order valence-electron chi connectivity index (χ4n) is 2.77. The van der Waals surface area contributed by atoms with Gasteiger partial charge in [-0.1, -0.05) is 0 Å². The highest BCUT2D eigenvalue weighted by Crippen LogP contribution is 2.30. The number of nitro groups is 1. The maximum atomic E-state index is 12.1. The highest BCUT2D eigenvalue weighted by atomic mass is 16.6. The van der Waals surface area contributed by atoms with Crippen LogP contribution in [0.5, 0.6) is 0 Å². The van der Waals surface area contributed by atoms with Gasteiger partial charge < -0.3 is 15.5 Å². The van der Waals surface area contributed by atoms with Gasteiger partial charge in [-0.05, 0) is 42.3 Å². The Morgan fingerprint density at radius 2 is 1.72 bits per heavy atom. The minimum atomic E-state index is -0.501. The number of rotatable bonds is 3. The van der Waals surface area contributed by atoms with E-state index in [2.05, 4.69) is 10.6 Å². The van der Waals surface area contributed by atoms with E-state index in [0.29, 0.717) is 17.9 Å². The van der Waals surface area contributed by atoms with E-state index in [9.17, 15) is 19.7 Å². The van der Waals surface area contributed by atoms with Gasteiger partial charge in [-0.25, -0.2) is 4.79 Å². The van der Waals surface area contributed by atoms with Gasteiger partial charge in [-0.2, -0.15) is 0 Å². The molecule has 128 valence electrons. The lowest BCUT2D eigenvalue weighted by atomic mass is 10.1. The number of non-ortho nitro benzene ring substituents is 1. The molecule has 1 aliphatic rings. The first kappa shape index (κ1) is 16.4. The number of hydrogen-bond acceptors (Lipinski definition) is 4. The Bertz CT molecular complexity index is 848. The van der Waals surface area contributed by atoms with Gasteiger partial charge in [-0.15, -0.1) is 0 Å². The lowest BCUT2D eigenvalue weighted by Gasteiger charge is -2.15. The van der Waals surface area contributed by atoms with E-state index in [1.54, 1.807) is 11.0 Å². The summed E-state index contributed by atoms with van der Waals surface area (Å²) in [5.41, 5.74) is 2.90. The van der Waals surface area contributed by atoms with Crippen molar-refractivity contribution in [2.45, 2.75) is 13.3 Å². The number of carbonyl (C=O) groups excluding carboxylic acids is 2. The van der Waals surface area contributed by atoms with Gasteiger partial charge in [0, 0.05) is 42.7 Å². The molecular weight excluding hydrogens is 324 g/mol. The minimum absolute atomic E-state index is 0.00428. The van der Waals surface area contributed by atoms with E-state index in [1.807, 2.05) is 12.1 Å². The van der Waals surface area contributed by atoms with E-state index < -0.39 is 11.0 Å². The number of nitrogens with one attached hydrogen (secondary N) is 2. The highest BCUT2D eigenvalue weighted by Gasteiger charge is 2.22. The predicted octanol–water partition coefficient (Wildman–Crippen LogP) is 3.15. The standard InChI is InChI=1S/C17H16N4O4/c1-11(22)20-9-8-12-10-14(4-7-16(12)20)19-17(23)18-13-2-5-15(6-3-13)21(24)25/h2-7,10H,8-9H2,1H3,(H2,18,19,23). The molecule has 1 heterocycles. The third-order valence-electron chi connectivity index (χ3n) is 3.95. The van der Waals surface area contributed by atoms with Crippen molar-refractivity contribution in [2.24, 2.45) is 0 Å². The van der Waals surface area contributed by atoms with Crippen molar-refractivity contribution in [3.8, 4) is 0 Å². The monoisotopic (exact) mass is 340 g/mol. The van der Waals surface area contributed by atoms with Crippen molar-refractivity contribution < 1.29 is 14.5 Å². The molecule has 3 amide bonds. The first-order valence-corrected chi connectivity index (χ1v) is 7.67. The summed E-state index contributed by atoms with van der Waals surface area (Å²) in [6.07, 6.45) is 0.744. The third kappa shape index (κ3) is 3.57. The summed E-state index contributed by atoms with van der Waals surface area (Å²) in [7, 11) is 0. The molecule has 0 aliphatic carbocycles. The number of fused-ring (bicyclic) bond motifs is 1. The predicted molar refractivity (Wildman–Crippen MR) is 93.9 cm³/mol. The van der Waals surface area contributed by atoms with Gasteiger partial charge in [0.1, 0.15) is 0 Å². The molecule has 0 bridgehead atoms. The zero-order chi connectivity index (χ0) is 18.0. The Labute approximate surface area is 143 Å². The fourth-order valence-corrected chi connectivity index (χ4v) is 2.77. The Morgan fingerprint density at radius 1 is 1.08 bits per heavy atom. The van der Waals surface area contributed by atoms with Gasteiger partial charge >= 0.3 is 6.03 Å². The van der Waals surface area contributed by atoms with Gasteiger partial charge in [-0.3, -0.25) is 14.9 Å². The van der Waals surface area contributed by atoms with Crippen LogP contribution >= 0.6 is 0 Å². The van der Waals surface area contributed by atoms with E-state index in [0.717, 1.165) is 17.7 Å². The van der Waals surface area contributed by atoms with E-state index in [-0.39, 0.29) is 11.6 Å². The third-order valence-corrected chi connectivity index (χ3v) is 3.95. The van der Waals surface area contributed by atoms with Crippen LogP contribution in [0.1, 0.15) is 12.5 Å². The van der Waals surface area contributed by atoms with Crippen LogP contribution in [-0.4, -0.2) is 23.4 Å². The molecule has 2 aromatic carbocycles. The first-order chi connectivity index (χ1) is 11.9. The zero-order valence-electron chi connectivity index (χ0n) is 13.5. The van der Waals surface area contributed by atoms with Crippen LogP contribution in [0.4, 0.5) is 27.5 Å². The van der Waals surface area contributed by atoms with Crippen molar-refractivity contribution >= 4 is 34.7 Å². The Hall–Kier alpha value is -3.42. The highest BCUT2D eigenvalue weighted by molar-refractivity contribution is 6.00. The normalized spacial score (nSPS) is 12.4. The minimum Gasteiger partial charge on any atom is -0.312 e. The summed E-state index contributed by atoms with van der Waals surface area (Å²) in [5.74, 6) is -0.00428. The molecule has 0 fully saturated rings. The molecule has 0 radical (unpaired) electrons. The van der Waals surface area contributed by atoms with Crippen molar-refractivity contribution in [3.63, 3.8) is 0 Å². The second kappa shape index (κ2) is 6.60. The van der Waals surface area contributed by atoms with Crippen LogP contribution in [-0.2, 0) is 11.2 Å². The average Bonchev–Trinajstić information content (AvgIpc) is 2.98. The molecule has 25 heavy (non-hydrogen) atoms. The maximum absolute atomic E-state index is 12.1. The number of amides is 3. The van der Waals surface area contributed by atoms with Crippen LogP contribution in [0.3, 0.4) is 0 Å². The second-order valence-corrected chi connectivity index (χ2v) is 5.65. The molecule has 3 rings (SSSR count). The van der Waals surface area contributed by atoms with Crippen molar-refractivity contribution in [3.05, 3.63) is 58.1 Å². The number of anilines is 3.